The zero-order chi connectivity index (χ0) is 19.2. The van der Waals surface area contributed by atoms with Crippen LogP contribution in [0.5, 0.6) is 0 Å². The predicted octanol–water partition coefficient (Wildman–Crippen LogP) is 0.979. The average Bonchev–Trinajstić information content (AvgIpc) is 3.09. The summed E-state index contributed by atoms with van der Waals surface area (Å²) < 4.78 is 0. The van der Waals surface area contributed by atoms with Crippen LogP contribution in [0.3, 0.4) is 0 Å². The Balaban J connectivity index is 0. The van der Waals surface area contributed by atoms with Crippen LogP contribution in [0.1, 0.15) is 43.0 Å². The molecule has 0 heterocycles. The Morgan fingerprint density at radius 1 is 0.963 bits per heavy atom. The molecule has 0 nitrogen and oxygen atoms in total. The number of halogens is 2. The Hall–Kier alpha value is -0.140. The molecule has 0 spiro atoms. The third-order valence-electron chi connectivity index (χ3n) is 4.17. The van der Waals surface area contributed by atoms with Crippen molar-refractivity contribution in [3.8, 4) is 0 Å². The maximum absolute atomic E-state index is 2.31. The Bertz CT molecular complexity index is 805. The van der Waals surface area contributed by atoms with Crippen molar-refractivity contribution in [1.29, 1.82) is 0 Å². The number of hydrogen-bond acceptors (Lipinski definition) is 0. The molecule has 0 saturated carbocycles. The fourth-order valence-electron chi connectivity index (χ4n) is 2.74. The second-order valence-corrected chi connectivity index (χ2v) is 17.3. The number of hydrogen-bond donors (Lipinski definition) is 0. The van der Waals surface area contributed by atoms with Crippen LogP contribution in [-0.2, 0) is 28.8 Å². The van der Waals surface area contributed by atoms with Gasteiger partial charge in [-0.2, -0.15) is 29.3 Å². The topological polar surface area (TPSA) is 0 Å². The van der Waals surface area contributed by atoms with Crippen molar-refractivity contribution >= 4 is 16.2 Å². The van der Waals surface area contributed by atoms with E-state index in [4.69, 9.17) is 0 Å². The molecular formula is C23H32Cl2SiZr-2. The second-order valence-electron chi connectivity index (χ2n) is 7.92. The SMILES string of the molecule is CC(C)(C)c1cc[cH-]c1.C[Si](C)=[Zr+2].Cc1[cH-]c2cccc(C)c2c1C.[Cl-].[Cl-]. The van der Waals surface area contributed by atoms with Gasteiger partial charge in [0.15, 0.2) is 0 Å². The van der Waals surface area contributed by atoms with Gasteiger partial charge in [-0.1, -0.05) is 51.7 Å². The molecule has 0 fully saturated rings. The molecule has 3 rings (SSSR count). The molecule has 4 heteroatoms. The van der Waals surface area contributed by atoms with E-state index in [9.17, 15) is 0 Å². The molecule has 148 valence electrons. The van der Waals surface area contributed by atoms with E-state index in [2.05, 4.69) is 103 Å². The number of benzene rings is 1. The molecule has 0 amide bonds. The van der Waals surface area contributed by atoms with Crippen molar-refractivity contribution < 1.29 is 48.1 Å². The van der Waals surface area contributed by atoms with Crippen molar-refractivity contribution in [2.45, 2.75) is 60.1 Å². The largest absolute Gasteiger partial charge is 1.00 e. The number of aryl methyl sites for hydroxylation is 3. The normalized spacial score (nSPS) is 9.85. The van der Waals surface area contributed by atoms with Gasteiger partial charge in [-0.05, 0) is 6.92 Å². The molecule has 0 unspecified atom stereocenters. The van der Waals surface area contributed by atoms with Crippen molar-refractivity contribution in [2.24, 2.45) is 0 Å². The van der Waals surface area contributed by atoms with Crippen molar-refractivity contribution in [3.63, 3.8) is 0 Å². The Morgan fingerprint density at radius 3 is 1.89 bits per heavy atom. The van der Waals surface area contributed by atoms with E-state index in [0.29, 0.717) is 5.41 Å². The number of fused-ring (bicyclic) bond motifs is 1. The quantitative estimate of drug-likeness (QED) is 0.320. The van der Waals surface area contributed by atoms with Crippen molar-refractivity contribution in [2.75, 3.05) is 0 Å². The van der Waals surface area contributed by atoms with Crippen molar-refractivity contribution in [3.05, 3.63) is 70.8 Å². The second kappa shape index (κ2) is 13.2. The van der Waals surface area contributed by atoms with Crippen LogP contribution in [0, 0.1) is 20.8 Å². The third-order valence-corrected chi connectivity index (χ3v) is 4.17. The molecule has 0 aliphatic rings. The average molecular weight is 499 g/mol. The van der Waals surface area contributed by atoms with Crippen molar-refractivity contribution in [1.82, 2.24) is 0 Å². The zero-order valence-corrected chi connectivity index (χ0v) is 22.8. The van der Waals surface area contributed by atoms with Crippen LogP contribution in [0.15, 0.2) is 48.5 Å². The molecule has 0 aromatic heterocycles. The summed E-state index contributed by atoms with van der Waals surface area (Å²) in [6, 6.07) is 17.2. The van der Waals surface area contributed by atoms with E-state index in [-0.39, 0.29) is 30.2 Å². The molecule has 0 N–H and O–H groups in total. The predicted molar refractivity (Wildman–Crippen MR) is 112 cm³/mol. The summed E-state index contributed by atoms with van der Waals surface area (Å²) in [7, 11) is 0. The fraction of sp³-hybridized carbons (Fsp3) is 0.391. The summed E-state index contributed by atoms with van der Waals surface area (Å²) in [6.45, 7) is 17.8. The van der Waals surface area contributed by atoms with Crippen LogP contribution < -0.4 is 24.8 Å². The van der Waals surface area contributed by atoms with Crippen LogP contribution in [0.2, 0.25) is 13.1 Å². The first kappa shape index (κ1) is 29.1. The summed E-state index contributed by atoms with van der Waals surface area (Å²) in [5.41, 5.74) is 6.17. The molecule has 27 heavy (non-hydrogen) atoms. The summed E-state index contributed by atoms with van der Waals surface area (Å²) in [5, 5.41) is 2.82. The smallest absolute Gasteiger partial charge is 0.0488 e. The molecule has 0 atom stereocenters. The minimum absolute atomic E-state index is 0. The van der Waals surface area contributed by atoms with E-state index < -0.39 is 0 Å². The van der Waals surface area contributed by atoms with Crippen LogP contribution in [0.4, 0.5) is 0 Å². The molecule has 0 aliphatic carbocycles. The van der Waals surface area contributed by atoms with Gasteiger partial charge in [0.05, 0.1) is 0 Å². The molecular weight excluding hydrogens is 466 g/mol. The first-order chi connectivity index (χ1) is 11.5. The van der Waals surface area contributed by atoms with E-state index >= 15 is 0 Å². The molecule has 0 aliphatic heterocycles. The van der Waals surface area contributed by atoms with Gasteiger partial charge in [0.2, 0.25) is 0 Å². The standard InChI is InChI=1S/C12H13.C9H13.C2H6Si.2ClH.Zr/c1-8-5-4-6-11-7-9(2)10(3)12(8)11;1-9(2,3)8-6-4-5-7-8;1-3-2;;;/h4-7H,1-3H3;4-7H,1-3H3;1-2H3;2*1H;/q2*-1;;;;+2/p-2. The van der Waals surface area contributed by atoms with Gasteiger partial charge in [-0.3, -0.25) is 0 Å². The Kier molecular flexibility index (Phi) is 14.2. The monoisotopic (exact) mass is 496 g/mol. The zero-order valence-electron chi connectivity index (χ0n) is 17.9. The third kappa shape index (κ3) is 9.75. The summed E-state index contributed by atoms with van der Waals surface area (Å²) in [4.78, 5) is 0. The van der Waals surface area contributed by atoms with E-state index in [1.807, 2.05) is 0 Å². The first-order valence-electron chi connectivity index (χ1n) is 8.90. The summed E-state index contributed by atoms with van der Waals surface area (Å²) >= 11 is 1.74. The van der Waals surface area contributed by atoms with Gasteiger partial charge >= 0.3 is 41.9 Å². The van der Waals surface area contributed by atoms with E-state index in [1.165, 1.54) is 33.0 Å². The van der Waals surface area contributed by atoms with E-state index in [0.717, 1.165) is 0 Å². The molecule has 3 aromatic carbocycles. The maximum Gasteiger partial charge on any atom is -0.0488 e. The van der Waals surface area contributed by atoms with Gasteiger partial charge in [-0.25, -0.2) is 6.07 Å². The molecule has 0 radical (unpaired) electrons. The molecule has 0 bridgehead atoms. The minimum Gasteiger partial charge on any atom is -1.00 e. The van der Waals surface area contributed by atoms with Gasteiger partial charge in [0.1, 0.15) is 0 Å². The van der Waals surface area contributed by atoms with Gasteiger partial charge < -0.3 is 24.8 Å². The van der Waals surface area contributed by atoms with Crippen LogP contribution in [-0.4, -0.2) is 5.43 Å². The Labute approximate surface area is 194 Å². The van der Waals surface area contributed by atoms with Crippen LogP contribution in [0.25, 0.3) is 10.8 Å². The first-order valence-corrected chi connectivity index (χ1v) is 15.1. The van der Waals surface area contributed by atoms with Crippen LogP contribution >= 0.6 is 0 Å². The molecule has 0 saturated heterocycles. The maximum atomic E-state index is 2.31. The molecule has 3 aromatic rings. The van der Waals surface area contributed by atoms with E-state index in [1.54, 1.807) is 23.3 Å². The summed E-state index contributed by atoms with van der Waals surface area (Å²) in [6.07, 6.45) is 0. The summed E-state index contributed by atoms with van der Waals surface area (Å²) in [5.74, 6) is 0. The Morgan fingerprint density at radius 2 is 1.52 bits per heavy atom. The van der Waals surface area contributed by atoms with Gasteiger partial charge in [-0.15, -0.1) is 34.5 Å². The minimum atomic E-state index is 0. The number of rotatable bonds is 0. The van der Waals surface area contributed by atoms with Gasteiger partial charge in [0.25, 0.3) is 0 Å². The van der Waals surface area contributed by atoms with Gasteiger partial charge in [0, 0.05) is 0 Å². The fourth-order valence-corrected chi connectivity index (χ4v) is 2.74.